The Balaban J connectivity index is 1.45. The lowest BCUT2D eigenvalue weighted by Crippen LogP contribution is -2.37. The van der Waals surface area contributed by atoms with Crippen LogP contribution in [0.1, 0.15) is 46.8 Å². The minimum absolute atomic E-state index is 0.345. The second-order valence-corrected chi connectivity index (χ2v) is 10.6. The Labute approximate surface area is 227 Å². The van der Waals surface area contributed by atoms with Gasteiger partial charge in [-0.1, -0.05) is 67.1 Å². The Morgan fingerprint density at radius 1 is 0.921 bits per heavy atom. The fraction of sp³-hybridized carbons (Fsp3) is 0.258. The lowest BCUT2D eigenvalue weighted by Gasteiger charge is -2.31. The number of rotatable bonds is 8. The maximum atomic E-state index is 13.9. The van der Waals surface area contributed by atoms with Crippen LogP contribution in [0.2, 0.25) is 0 Å². The van der Waals surface area contributed by atoms with E-state index in [0.29, 0.717) is 41.5 Å². The Kier molecular flexibility index (Phi) is 7.65. The summed E-state index contributed by atoms with van der Waals surface area (Å²) in [5.74, 6) is -1.11. The lowest BCUT2D eigenvalue weighted by molar-refractivity contribution is -0.121. The number of thioether (sulfide) groups is 1. The molecule has 0 saturated carbocycles. The molecule has 3 aromatic rings. The average molecular weight is 527 g/mol. The van der Waals surface area contributed by atoms with Gasteiger partial charge in [0.05, 0.1) is 17.9 Å². The molecule has 194 valence electrons. The fourth-order valence-electron chi connectivity index (χ4n) is 4.65. The molecular formula is C31H30N2O4S. The zero-order valence-corrected chi connectivity index (χ0v) is 22.4. The van der Waals surface area contributed by atoms with Crippen LogP contribution in [0.15, 0.2) is 88.3 Å². The number of hydrogen-bond acceptors (Lipinski definition) is 6. The van der Waals surface area contributed by atoms with Gasteiger partial charge in [0, 0.05) is 18.0 Å². The predicted molar refractivity (Wildman–Crippen MR) is 149 cm³/mol. The standard InChI is InChI=1S/C31H30N2O4S/c1-3-4-19-37-31(36)23-11-13-25(14-12-23)33-29(34)27(32-18-17-22-7-5-6-8-24(22)20-32)28(30(33)35)38-26-15-9-21(2)10-16-26/h5-16H,3-4,17-20H2,1-2H3. The van der Waals surface area contributed by atoms with E-state index in [9.17, 15) is 14.4 Å². The van der Waals surface area contributed by atoms with Crippen LogP contribution in [0.25, 0.3) is 0 Å². The second kappa shape index (κ2) is 11.3. The molecule has 3 aromatic carbocycles. The fourth-order valence-corrected chi connectivity index (χ4v) is 5.65. The number of fused-ring (bicyclic) bond motifs is 1. The van der Waals surface area contributed by atoms with Crippen molar-refractivity contribution in [3.05, 3.63) is 106 Å². The van der Waals surface area contributed by atoms with Crippen LogP contribution in [0.3, 0.4) is 0 Å². The van der Waals surface area contributed by atoms with E-state index in [0.717, 1.165) is 35.3 Å². The van der Waals surface area contributed by atoms with Crippen molar-refractivity contribution >= 4 is 35.2 Å². The first-order valence-corrected chi connectivity index (χ1v) is 13.7. The molecule has 2 aliphatic rings. The quantitative estimate of drug-likeness (QED) is 0.207. The summed E-state index contributed by atoms with van der Waals surface area (Å²) in [6.45, 7) is 5.63. The molecule has 0 saturated heterocycles. The summed E-state index contributed by atoms with van der Waals surface area (Å²) >= 11 is 1.32. The predicted octanol–water partition coefficient (Wildman–Crippen LogP) is 5.89. The van der Waals surface area contributed by atoms with Gasteiger partial charge in [-0.2, -0.15) is 0 Å². The number of imide groups is 1. The number of nitrogens with zero attached hydrogens (tertiary/aromatic N) is 2. The van der Waals surface area contributed by atoms with Crippen LogP contribution in [0.5, 0.6) is 0 Å². The highest BCUT2D eigenvalue weighted by atomic mass is 32.2. The van der Waals surface area contributed by atoms with Gasteiger partial charge in [-0.05, 0) is 67.3 Å². The topological polar surface area (TPSA) is 66.9 Å². The summed E-state index contributed by atoms with van der Waals surface area (Å²) in [6, 6.07) is 22.6. The number of ether oxygens (including phenoxy) is 1. The highest BCUT2D eigenvalue weighted by molar-refractivity contribution is 8.04. The minimum atomic E-state index is -0.412. The molecule has 0 unspecified atom stereocenters. The van der Waals surface area contributed by atoms with Crippen molar-refractivity contribution in [2.45, 2.75) is 44.6 Å². The summed E-state index contributed by atoms with van der Waals surface area (Å²) < 4.78 is 5.29. The van der Waals surface area contributed by atoms with Gasteiger partial charge >= 0.3 is 5.97 Å². The minimum Gasteiger partial charge on any atom is -0.462 e. The molecular weight excluding hydrogens is 496 g/mol. The van der Waals surface area contributed by atoms with E-state index in [2.05, 4.69) is 12.1 Å². The van der Waals surface area contributed by atoms with Gasteiger partial charge in [-0.15, -0.1) is 0 Å². The number of unbranched alkanes of at least 4 members (excludes halogenated alkanes) is 1. The third kappa shape index (κ3) is 5.24. The molecule has 0 aromatic heterocycles. The van der Waals surface area contributed by atoms with Crippen LogP contribution in [0, 0.1) is 6.92 Å². The molecule has 2 aliphatic heterocycles. The van der Waals surface area contributed by atoms with Crippen molar-refractivity contribution in [1.29, 1.82) is 0 Å². The molecule has 7 heteroatoms. The summed E-state index contributed by atoms with van der Waals surface area (Å²) in [7, 11) is 0. The average Bonchev–Trinajstić information content (AvgIpc) is 3.18. The molecule has 0 bridgehead atoms. The number of carbonyl (C=O) groups excluding carboxylic acids is 3. The molecule has 38 heavy (non-hydrogen) atoms. The molecule has 0 atom stereocenters. The van der Waals surface area contributed by atoms with Gasteiger partial charge in [-0.25, -0.2) is 9.69 Å². The van der Waals surface area contributed by atoms with Gasteiger partial charge < -0.3 is 9.64 Å². The van der Waals surface area contributed by atoms with E-state index in [4.69, 9.17) is 4.74 Å². The Morgan fingerprint density at radius 3 is 2.34 bits per heavy atom. The molecule has 0 fully saturated rings. The van der Waals surface area contributed by atoms with E-state index < -0.39 is 5.97 Å². The van der Waals surface area contributed by atoms with Crippen molar-refractivity contribution < 1.29 is 19.1 Å². The Bertz CT molecular complexity index is 1400. The van der Waals surface area contributed by atoms with E-state index in [-0.39, 0.29) is 11.8 Å². The highest BCUT2D eigenvalue weighted by Gasteiger charge is 2.43. The maximum Gasteiger partial charge on any atom is 0.338 e. The number of aryl methyl sites for hydroxylation is 1. The molecule has 0 radical (unpaired) electrons. The van der Waals surface area contributed by atoms with E-state index in [1.165, 1.54) is 22.2 Å². The van der Waals surface area contributed by atoms with Gasteiger partial charge in [0.25, 0.3) is 11.8 Å². The van der Waals surface area contributed by atoms with Crippen molar-refractivity contribution in [2.24, 2.45) is 0 Å². The molecule has 0 aliphatic carbocycles. The second-order valence-electron chi connectivity index (χ2n) is 9.52. The Hall–Kier alpha value is -3.84. The summed E-state index contributed by atoms with van der Waals surface area (Å²) in [4.78, 5) is 44.6. The van der Waals surface area contributed by atoms with Gasteiger partial charge in [0.15, 0.2) is 0 Å². The molecule has 0 spiro atoms. The van der Waals surface area contributed by atoms with Gasteiger partial charge in [0.2, 0.25) is 0 Å². The number of esters is 1. The van der Waals surface area contributed by atoms with E-state index >= 15 is 0 Å². The third-order valence-electron chi connectivity index (χ3n) is 6.80. The maximum absolute atomic E-state index is 13.9. The van der Waals surface area contributed by atoms with Gasteiger partial charge in [-0.3, -0.25) is 9.59 Å². The van der Waals surface area contributed by atoms with Crippen LogP contribution in [-0.2, 0) is 27.3 Å². The van der Waals surface area contributed by atoms with Crippen LogP contribution >= 0.6 is 11.8 Å². The number of carbonyl (C=O) groups is 3. The zero-order chi connectivity index (χ0) is 26.6. The molecule has 2 amide bonds. The molecule has 2 heterocycles. The SMILES string of the molecule is CCCCOC(=O)c1ccc(N2C(=O)C(Sc3ccc(C)cc3)=C(N3CCc4ccccc4C3)C2=O)cc1. The molecule has 6 nitrogen and oxygen atoms in total. The molecule has 0 N–H and O–H groups in total. The van der Waals surface area contributed by atoms with Crippen molar-refractivity contribution in [2.75, 3.05) is 18.1 Å². The number of amides is 2. The highest BCUT2D eigenvalue weighted by Crippen LogP contribution is 2.40. The van der Waals surface area contributed by atoms with E-state index in [1.807, 2.05) is 55.1 Å². The van der Waals surface area contributed by atoms with Crippen LogP contribution in [0.4, 0.5) is 5.69 Å². The molecule has 5 rings (SSSR count). The van der Waals surface area contributed by atoms with E-state index in [1.54, 1.807) is 24.3 Å². The van der Waals surface area contributed by atoms with Crippen molar-refractivity contribution in [3.63, 3.8) is 0 Å². The van der Waals surface area contributed by atoms with Crippen LogP contribution < -0.4 is 4.90 Å². The first kappa shape index (κ1) is 25.8. The monoisotopic (exact) mass is 526 g/mol. The number of hydrogen-bond donors (Lipinski definition) is 0. The first-order chi connectivity index (χ1) is 18.5. The van der Waals surface area contributed by atoms with Crippen molar-refractivity contribution in [1.82, 2.24) is 4.90 Å². The summed E-state index contributed by atoms with van der Waals surface area (Å²) in [5, 5.41) is 0. The first-order valence-electron chi connectivity index (χ1n) is 12.9. The largest absolute Gasteiger partial charge is 0.462 e. The zero-order valence-electron chi connectivity index (χ0n) is 21.6. The summed E-state index contributed by atoms with van der Waals surface area (Å²) in [6.07, 6.45) is 2.54. The third-order valence-corrected chi connectivity index (χ3v) is 7.88. The number of anilines is 1. The normalized spacial score (nSPS) is 15.2. The smallest absolute Gasteiger partial charge is 0.338 e. The van der Waals surface area contributed by atoms with Crippen LogP contribution in [-0.4, -0.2) is 35.8 Å². The number of benzene rings is 3. The van der Waals surface area contributed by atoms with Gasteiger partial charge in [0.1, 0.15) is 10.6 Å². The lowest BCUT2D eigenvalue weighted by atomic mass is 9.99. The summed E-state index contributed by atoms with van der Waals surface area (Å²) in [5.41, 5.74) is 4.80. The van der Waals surface area contributed by atoms with Crippen molar-refractivity contribution in [3.8, 4) is 0 Å². The Morgan fingerprint density at radius 2 is 1.63 bits per heavy atom.